The van der Waals surface area contributed by atoms with Crippen molar-refractivity contribution in [3.8, 4) is 5.82 Å². The van der Waals surface area contributed by atoms with E-state index in [4.69, 9.17) is 17.3 Å². The fourth-order valence-corrected chi connectivity index (χ4v) is 3.35. The summed E-state index contributed by atoms with van der Waals surface area (Å²) in [5.74, 6) is 1.40. The fraction of sp³-hybridized carbons (Fsp3) is 0.190. The van der Waals surface area contributed by atoms with Crippen molar-refractivity contribution in [1.82, 2.24) is 34.6 Å². The molecule has 0 fully saturated rings. The second kappa shape index (κ2) is 9.16. The highest BCUT2D eigenvalue weighted by atomic mass is 35.5. The monoisotopic (exact) mass is 451 g/mol. The molecule has 0 aliphatic carbocycles. The van der Waals surface area contributed by atoms with Crippen LogP contribution < -0.4 is 16.4 Å². The molecule has 0 unspecified atom stereocenters. The van der Waals surface area contributed by atoms with Gasteiger partial charge in [0.15, 0.2) is 0 Å². The molecule has 0 aliphatic heterocycles. The van der Waals surface area contributed by atoms with E-state index in [-0.39, 0.29) is 24.2 Å². The highest BCUT2D eigenvalue weighted by Gasteiger charge is 2.18. The average molecular weight is 452 g/mol. The molecule has 1 amide bonds. The number of hydrogen-bond donors (Lipinski definition) is 3. The van der Waals surface area contributed by atoms with Gasteiger partial charge in [0.25, 0.3) is 5.91 Å². The first-order chi connectivity index (χ1) is 15.4. The van der Waals surface area contributed by atoms with E-state index in [1.54, 1.807) is 40.0 Å². The van der Waals surface area contributed by atoms with Gasteiger partial charge >= 0.3 is 0 Å². The molecule has 11 heteroatoms. The second-order valence-corrected chi connectivity index (χ2v) is 7.58. The van der Waals surface area contributed by atoms with Gasteiger partial charge in [0.05, 0.1) is 12.2 Å². The molecule has 0 spiro atoms. The molecule has 0 saturated heterocycles. The Morgan fingerprint density at radius 1 is 1.28 bits per heavy atom. The summed E-state index contributed by atoms with van der Waals surface area (Å²) in [7, 11) is 1.82. The van der Waals surface area contributed by atoms with E-state index in [0.29, 0.717) is 16.8 Å². The summed E-state index contributed by atoms with van der Waals surface area (Å²) in [5.41, 5.74) is 7.75. The Kier molecular flexibility index (Phi) is 6.15. The lowest BCUT2D eigenvalue weighted by atomic mass is 10.1. The van der Waals surface area contributed by atoms with Crippen molar-refractivity contribution >= 4 is 29.3 Å². The van der Waals surface area contributed by atoms with Gasteiger partial charge in [0.2, 0.25) is 5.95 Å². The Labute approximate surface area is 189 Å². The van der Waals surface area contributed by atoms with Gasteiger partial charge in [-0.1, -0.05) is 23.7 Å². The smallest absolute Gasteiger partial charge is 0.272 e. The number of amides is 1. The summed E-state index contributed by atoms with van der Waals surface area (Å²) in [6, 6.07) is 8.65. The first-order valence-electron chi connectivity index (χ1n) is 9.84. The van der Waals surface area contributed by atoms with Crippen molar-refractivity contribution in [3.05, 3.63) is 77.1 Å². The number of aryl methyl sites for hydroxylation is 2. The van der Waals surface area contributed by atoms with Crippen molar-refractivity contribution in [1.29, 1.82) is 0 Å². The highest BCUT2D eigenvalue weighted by Crippen LogP contribution is 2.19. The minimum atomic E-state index is -0.387. The number of halogens is 1. The third kappa shape index (κ3) is 4.61. The van der Waals surface area contributed by atoms with Crippen LogP contribution >= 0.6 is 11.6 Å². The molecule has 4 N–H and O–H groups in total. The molecular formula is C21H22ClN9O. The number of aromatic nitrogens is 6. The summed E-state index contributed by atoms with van der Waals surface area (Å²) in [6.45, 7) is 2.10. The lowest BCUT2D eigenvalue weighted by Gasteiger charge is -2.16. The third-order valence-electron chi connectivity index (χ3n) is 4.86. The quantitative estimate of drug-likeness (QED) is 0.393. The molecule has 4 aromatic rings. The zero-order valence-corrected chi connectivity index (χ0v) is 18.3. The van der Waals surface area contributed by atoms with Crippen LogP contribution in [0.1, 0.15) is 27.7 Å². The van der Waals surface area contributed by atoms with Gasteiger partial charge in [0.1, 0.15) is 23.7 Å². The van der Waals surface area contributed by atoms with Crippen LogP contribution in [0.15, 0.2) is 55.2 Å². The molecule has 0 aliphatic rings. The molecule has 0 bridgehead atoms. The Morgan fingerprint density at radius 2 is 2.12 bits per heavy atom. The van der Waals surface area contributed by atoms with E-state index < -0.39 is 0 Å². The van der Waals surface area contributed by atoms with E-state index in [1.165, 1.54) is 6.33 Å². The molecular weight excluding hydrogens is 430 g/mol. The number of carbonyl (C=O) groups excluding carboxylic acids is 1. The van der Waals surface area contributed by atoms with Crippen LogP contribution in [-0.4, -0.2) is 41.8 Å². The van der Waals surface area contributed by atoms with Crippen molar-refractivity contribution in [3.63, 3.8) is 0 Å². The Bertz CT molecular complexity index is 1250. The van der Waals surface area contributed by atoms with Gasteiger partial charge in [-0.05, 0) is 24.6 Å². The van der Waals surface area contributed by atoms with E-state index in [0.717, 1.165) is 16.9 Å². The topological polar surface area (TPSA) is 129 Å². The van der Waals surface area contributed by atoms with Gasteiger partial charge in [-0.3, -0.25) is 14.0 Å². The van der Waals surface area contributed by atoms with Crippen molar-refractivity contribution in [2.24, 2.45) is 12.8 Å². The van der Waals surface area contributed by atoms with Crippen LogP contribution in [0.25, 0.3) is 5.82 Å². The zero-order valence-electron chi connectivity index (χ0n) is 17.5. The predicted molar refractivity (Wildman–Crippen MR) is 121 cm³/mol. The fourth-order valence-electron chi connectivity index (χ4n) is 3.16. The van der Waals surface area contributed by atoms with E-state index >= 15 is 0 Å². The molecule has 0 saturated carbocycles. The summed E-state index contributed by atoms with van der Waals surface area (Å²) >= 11 is 6.06. The molecule has 3 aromatic heterocycles. The van der Waals surface area contributed by atoms with Crippen molar-refractivity contribution in [2.45, 2.75) is 13.0 Å². The van der Waals surface area contributed by atoms with Crippen LogP contribution in [0.4, 0.5) is 11.8 Å². The lowest BCUT2D eigenvalue weighted by molar-refractivity contribution is 0.0933. The van der Waals surface area contributed by atoms with Crippen LogP contribution in [0.5, 0.6) is 0 Å². The SMILES string of the molecule is Cc1cnc(Nc2ccnn2C)nc1-n1cnc(C(=O)N[C@H](CN)c2cccc(Cl)c2)c1. The largest absolute Gasteiger partial charge is 0.343 e. The summed E-state index contributed by atoms with van der Waals surface area (Å²) in [5, 5.41) is 10.7. The van der Waals surface area contributed by atoms with E-state index in [9.17, 15) is 4.79 Å². The minimum absolute atomic E-state index is 0.223. The lowest BCUT2D eigenvalue weighted by Crippen LogP contribution is -2.33. The van der Waals surface area contributed by atoms with E-state index in [2.05, 4.69) is 30.7 Å². The number of benzene rings is 1. The van der Waals surface area contributed by atoms with Crippen LogP contribution in [0, 0.1) is 6.92 Å². The Morgan fingerprint density at radius 3 is 2.84 bits per heavy atom. The summed E-state index contributed by atoms with van der Waals surface area (Å²) in [4.78, 5) is 25.9. The van der Waals surface area contributed by atoms with Gasteiger partial charge in [-0.2, -0.15) is 10.1 Å². The van der Waals surface area contributed by atoms with Gasteiger partial charge in [-0.25, -0.2) is 9.97 Å². The highest BCUT2D eigenvalue weighted by molar-refractivity contribution is 6.30. The van der Waals surface area contributed by atoms with Gasteiger partial charge in [-0.15, -0.1) is 0 Å². The summed E-state index contributed by atoms with van der Waals surface area (Å²) < 4.78 is 3.35. The molecule has 1 aromatic carbocycles. The number of imidazole rings is 1. The van der Waals surface area contributed by atoms with Gasteiger partial charge in [0, 0.05) is 42.6 Å². The number of hydrogen-bond acceptors (Lipinski definition) is 7. The normalized spacial score (nSPS) is 11.9. The standard InChI is InChI=1S/C21H22ClN9O/c1-13-10-24-21(28-18-6-7-26-30(18)2)29-19(13)31-11-17(25-12-31)20(32)27-16(9-23)14-4-3-5-15(22)8-14/h3-8,10-12,16H,9,23H2,1-2H3,(H,27,32)(H,24,28,29)/t16-/m1/s1. The predicted octanol–water partition coefficient (Wildman–Crippen LogP) is 2.53. The summed E-state index contributed by atoms with van der Waals surface area (Å²) in [6.07, 6.45) is 6.53. The maximum atomic E-state index is 12.8. The maximum Gasteiger partial charge on any atom is 0.272 e. The van der Waals surface area contributed by atoms with E-state index in [1.807, 2.05) is 32.2 Å². The maximum absolute atomic E-state index is 12.8. The number of nitrogens with zero attached hydrogens (tertiary/aromatic N) is 6. The molecule has 4 rings (SSSR count). The molecule has 10 nitrogen and oxygen atoms in total. The van der Waals surface area contributed by atoms with Crippen molar-refractivity contribution in [2.75, 3.05) is 11.9 Å². The molecule has 0 radical (unpaired) electrons. The average Bonchev–Trinajstić information content (AvgIpc) is 3.43. The number of carbonyl (C=O) groups is 1. The molecule has 164 valence electrons. The van der Waals surface area contributed by atoms with Crippen LogP contribution in [0.3, 0.4) is 0 Å². The number of nitrogens with two attached hydrogens (primary N) is 1. The third-order valence-corrected chi connectivity index (χ3v) is 5.09. The Balaban J connectivity index is 1.53. The molecule has 1 atom stereocenters. The first-order valence-corrected chi connectivity index (χ1v) is 10.2. The second-order valence-electron chi connectivity index (χ2n) is 7.15. The Hall–Kier alpha value is -3.76. The van der Waals surface area contributed by atoms with Crippen molar-refractivity contribution < 1.29 is 4.79 Å². The number of anilines is 2. The minimum Gasteiger partial charge on any atom is -0.343 e. The number of nitrogens with one attached hydrogen (secondary N) is 2. The zero-order chi connectivity index (χ0) is 22.7. The molecule has 32 heavy (non-hydrogen) atoms. The van der Waals surface area contributed by atoms with Gasteiger partial charge < -0.3 is 16.4 Å². The molecule has 3 heterocycles. The van der Waals surface area contributed by atoms with Crippen LogP contribution in [-0.2, 0) is 7.05 Å². The first kappa shape index (κ1) is 21.5. The van der Waals surface area contributed by atoms with Crippen LogP contribution in [0.2, 0.25) is 5.02 Å². The number of rotatable bonds is 7.